The van der Waals surface area contributed by atoms with E-state index in [4.69, 9.17) is 14.6 Å². The first-order valence-corrected chi connectivity index (χ1v) is 6.40. The lowest BCUT2D eigenvalue weighted by atomic mass is 10.1. The molecule has 0 saturated carbocycles. The van der Waals surface area contributed by atoms with Crippen molar-refractivity contribution in [3.05, 3.63) is 29.3 Å². The third kappa shape index (κ3) is 3.45. The molecule has 2 rings (SSSR count). The highest BCUT2D eigenvalue weighted by molar-refractivity contribution is 5.39. The van der Waals surface area contributed by atoms with Gasteiger partial charge in [-0.1, -0.05) is 12.1 Å². The molecule has 0 amide bonds. The summed E-state index contributed by atoms with van der Waals surface area (Å²) in [6.45, 7) is 4.02. The topological polar surface area (TPSA) is 41.9 Å². The maximum absolute atomic E-state index is 9.07. The molecule has 0 bridgehead atoms. The average molecular weight is 251 g/mol. The van der Waals surface area contributed by atoms with E-state index < -0.39 is 0 Å². The van der Waals surface area contributed by atoms with Crippen molar-refractivity contribution in [3.63, 3.8) is 0 Å². The van der Waals surface area contributed by atoms with Gasteiger partial charge in [0, 0.05) is 33.2 Å². The van der Waals surface area contributed by atoms with Gasteiger partial charge in [0.05, 0.1) is 19.8 Å². The molecule has 0 atom stereocenters. The number of fused-ring (bicyclic) bond motifs is 1. The number of hydrogen-bond acceptors (Lipinski definition) is 4. The van der Waals surface area contributed by atoms with Crippen LogP contribution < -0.4 is 4.74 Å². The summed E-state index contributed by atoms with van der Waals surface area (Å²) in [5.74, 6) is 1.02. The molecule has 0 spiro atoms. The fourth-order valence-corrected chi connectivity index (χ4v) is 2.23. The molecule has 18 heavy (non-hydrogen) atoms. The minimum Gasteiger partial charge on any atom is -0.493 e. The fraction of sp³-hybridized carbons (Fsp3) is 0.571. The Morgan fingerprint density at radius 2 is 2.28 bits per heavy atom. The third-order valence-corrected chi connectivity index (χ3v) is 3.19. The number of aliphatic hydroxyl groups excluding tert-OH is 1. The standard InChI is InChI=1S/C14H21NO3/c1-17-9-6-15(5-7-16)11-12-2-3-14-13(10-12)4-8-18-14/h2-3,10,16H,4-9,11H2,1H3. The molecule has 1 aromatic carbocycles. The molecule has 0 unspecified atom stereocenters. The van der Waals surface area contributed by atoms with Crippen LogP contribution in [0.1, 0.15) is 11.1 Å². The predicted molar refractivity (Wildman–Crippen MR) is 69.9 cm³/mol. The SMILES string of the molecule is COCCN(CCO)Cc1ccc2c(c1)CCO2. The highest BCUT2D eigenvalue weighted by Gasteiger charge is 2.13. The number of ether oxygens (including phenoxy) is 2. The summed E-state index contributed by atoms with van der Waals surface area (Å²) in [6.07, 6.45) is 1.00. The minimum atomic E-state index is 0.178. The lowest BCUT2D eigenvalue weighted by Gasteiger charge is -2.21. The van der Waals surface area contributed by atoms with E-state index in [2.05, 4.69) is 17.0 Å². The number of methoxy groups -OCH3 is 1. The van der Waals surface area contributed by atoms with Crippen LogP contribution in [-0.2, 0) is 17.7 Å². The molecule has 4 nitrogen and oxygen atoms in total. The van der Waals surface area contributed by atoms with Crippen molar-refractivity contribution < 1.29 is 14.6 Å². The monoisotopic (exact) mass is 251 g/mol. The Bertz CT molecular complexity index is 381. The maximum atomic E-state index is 9.07. The Morgan fingerprint density at radius 3 is 3.06 bits per heavy atom. The van der Waals surface area contributed by atoms with Crippen molar-refractivity contribution in [1.82, 2.24) is 4.90 Å². The van der Waals surface area contributed by atoms with Crippen LogP contribution in [0.2, 0.25) is 0 Å². The quantitative estimate of drug-likeness (QED) is 0.787. The Labute approximate surface area is 108 Å². The fourth-order valence-electron chi connectivity index (χ4n) is 2.23. The number of nitrogens with zero attached hydrogens (tertiary/aromatic N) is 1. The molecule has 0 saturated heterocycles. The highest BCUT2D eigenvalue weighted by Crippen LogP contribution is 2.26. The molecular weight excluding hydrogens is 230 g/mol. The summed E-state index contributed by atoms with van der Waals surface area (Å²) < 4.78 is 10.6. The van der Waals surface area contributed by atoms with Gasteiger partial charge in [0.1, 0.15) is 5.75 Å². The second kappa shape index (κ2) is 6.73. The van der Waals surface area contributed by atoms with Gasteiger partial charge in [0.2, 0.25) is 0 Å². The molecule has 1 aromatic rings. The van der Waals surface area contributed by atoms with Crippen molar-refractivity contribution in [3.8, 4) is 5.75 Å². The first-order valence-electron chi connectivity index (χ1n) is 6.40. The first kappa shape index (κ1) is 13.3. The zero-order valence-corrected chi connectivity index (χ0v) is 10.9. The van der Waals surface area contributed by atoms with Crippen LogP contribution in [0.4, 0.5) is 0 Å². The molecule has 0 aromatic heterocycles. The predicted octanol–water partition coefficient (Wildman–Crippen LogP) is 1.06. The molecular formula is C14H21NO3. The van der Waals surface area contributed by atoms with Crippen LogP contribution >= 0.6 is 0 Å². The number of rotatable bonds is 7. The van der Waals surface area contributed by atoms with E-state index in [1.54, 1.807) is 7.11 Å². The zero-order chi connectivity index (χ0) is 12.8. The lowest BCUT2D eigenvalue weighted by molar-refractivity contribution is 0.127. The van der Waals surface area contributed by atoms with Crippen LogP contribution in [0, 0.1) is 0 Å². The van der Waals surface area contributed by atoms with E-state index in [1.165, 1.54) is 11.1 Å². The smallest absolute Gasteiger partial charge is 0.122 e. The van der Waals surface area contributed by atoms with Crippen molar-refractivity contribution in [2.45, 2.75) is 13.0 Å². The van der Waals surface area contributed by atoms with Gasteiger partial charge in [-0.05, 0) is 17.2 Å². The van der Waals surface area contributed by atoms with Crippen molar-refractivity contribution >= 4 is 0 Å². The van der Waals surface area contributed by atoms with Crippen LogP contribution in [0.25, 0.3) is 0 Å². The second-order valence-corrected chi connectivity index (χ2v) is 4.53. The molecule has 4 heteroatoms. The summed E-state index contributed by atoms with van der Waals surface area (Å²) in [5.41, 5.74) is 2.56. The van der Waals surface area contributed by atoms with Gasteiger partial charge in [0.15, 0.2) is 0 Å². The summed E-state index contributed by atoms with van der Waals surface area (Å²) in [6, 6.07) is 6.35. The van der Waals surface area contributed by atoms with Gasteiger partial charge >= 0.3 is 0 Å². The molecule has 0 fully saturated rings. The van der Waals surface area contributed by atoms with Gasteiger partial charge in [-0.25, -0.2) is 0 Å². The van der Waals surface area contributed by atoms with Gasteiger partial charge in [-0.3, -0.25) is 4.90 Å². The molecule has 1 heterocycles. The van der Waals surface area contributed by atoms with Gasteiger partial charge in [-0.15, -0.1) is 0 Å². The third-order valence-electron chi connectivity index (χ3n) is 3.19. The normalized spacial score (nSPS) is 13.7. The molecule has 1 N–H and O–H groups in total. The molecule has 0 aliphatic carbocycles. The van der Waals surface area contributed by atoms with Gasteiger partial charge in [-0.2, -0.15) is 0 Å². The average Bonchev–Trinajstić information content (AvgIpc) is 2.83. The van der Waals surface area contributed by atoms with Crippen molar-refractivity contribution in [1.29, 1.82) is 0 Å². The maximum Gasteiger partial charge on any atom is 0.122 e. The molecule has 100 valence electrons. The summed E-state index contributed by atoms with van der Waals surface area (Å²) in [4.78, 5) is 2.20. The van der Waals surface area contributed by atoms with Gasteiger partial charge < -0.3 is 14.6 Å². The van der Waals surface area contributed by atoms with E-state index in [1.807, 2.05) is 6.07 Å². The number of benzene rings is 1. The van der Waals surface area contributed by atoms with Crippen LogP contribution in [0.5, 0.6) is 5.75 Å². The Morgan fingerprint density at radius 1 is 1.39 bits per heavy atom. The number of aliphatic hydroxyl groups is 1. The molecule has 1 aliphatic heterocycles. The zero-order valence-electron chi connectivity index (χ0n) is 10.9. The van der Waals surface area contributed by atoms with Crippen LogP contribution in [0.15, 0.2) is 18.2 Å². The van der Waals surface area contributed by atoms with Crippen LogP contribution in [0.3, 0.4) is 0 Å². The van der Waals surface area contributed by atoms with E-state index in [9.17, 15) is 0 Å². The molecule has 1 aliphatic rings. The Hall–Kier alpha value is -1.10. The first-order chi connectivity index (χ1) is 8.83. The summed E-state index contributed by atoms with van der Waals surface area (Å²) >= 11 is 0. The van der Waals surface area contributed by atoms with E-state index in [-0.39, 0.29) is 6.61 Å². The largest absolute Gasteiger partial charge is 0.493 e. The lowest BCUT2D eigenvalue weighted by Crippen LogP contribution is -2.29. The Kier molecular flexibility index (Phi) is 4.99. The molecule has 0 radical (unpaired) electrons. The van der Waals surface area contributed by atoms with Crippen molar-refractivity contribution in [2.24, 2.45) is 0 Å². The summed E-state index contributed by atoms with van der Waals surface area (Å²) in [5, 5.41) is 9.07. The van der Waals surface area contributed by atoms with Crippen molar-refractivity contribution in [2.75, 3.05) is 40.0 Å². The van der Waals surface area contributed by atoms with E-state index in [0.29, 0.717) is 13.2 Å². The Balaban J connectivity index is 1.97. The highest BCUT2D eigenvalue weighted by atomic mass is 16.5. The second-order valence-electron chi connectivity index (χ2n) is 4.53. The minimum absolute atomic E-state index is 0.178. The van der Waals surface area contributed by atoms with Crippen LogP contribution in [-0.4, -0.2) is 50.0 Å². The van der Waals surface area contributed by atoms with E-state index in [0.717, 1.165) is 31.9 Å². The number of hydrogen-bond donors (Lipinski definition) is 1. The summed E-state index contributed by atoms with van der Waals surface area (Å²) in [7, 11) is 1.70. The van der Waals surface area contributed by atoms with E-state index >= 15 is 0 Å². The van der Waals surface area contributed by atoms with Gasteiger partial charge in [0.25, 0.3) is 0 Å².